The number of nitrogens with one attached hydrogen (secondary N) is 1. The molecule has 0 saturated carbocycles. The molecule has 0 bridgehead atoms. The van der Waals surface area contributed by atoms with Crippen molar-refractivity contribution < 1.29 is 9.47 Å². The predicted molar refractivity (Wildman–Crippen MR) is 73.3 cm³/mol. The van der Waals surface area contributed by atoms with Crippen LogP contribution in [0.2, 0.25) is 10.0 Å². The van der Waals surface area contributed by atoms with Gasteiger partial charge in [0.15, 0.2) is 6.29 Å². The van der Waals surface area contributed by atoms with E-state index in [-0.39, 0.29) is 12.3 Å². The summed E-state index contributed by atoms with van der Waals surface area (Å²) in [5.74, 6) is 0. The third-order valence-electron chi connectivity index (χ3n) is 3.05. The van der Waals surface area contributed by atoms with Gasteiger partial charge in [0.2, 0.25) is 0 Å². The van der Waals surface area contributed by atoms with Crippen molar-refractivity contribution in [2.45, 2.75) is 25.2 Å². The van der Waals surface area contributed by atoms with E-state index in [1.54, 1.807) is 6.07 Å². The molecule has 100 valence electrons. The monoisotopic (exact) mass is 289 g/mol. The maximum Gasteiger partial charge on any atom is 0.159 e. The summed E-state index contributed by atoms with van der Waals surface area (Å²) in [6, 6.07) is 5.79. The van der Waals surface area contributed by atoms with Gasteiger partial charge in [0, 0.05) is 22.5 Å². The van der Waals surface area contributed by atoms with E-state index >= 15 is 0 Å². The Bertz CT molecular complexity index is 395. The first-order valence-corrected chi connectivity index (χ1v) is 6.79. The van der Waals surface area contributed by atoms with E-state index in [2.05, 4.69) is 5.32 Å². The van der Waals surface area contributed by atoms with Crippen LogP contribution in [0.1, 0.15) is 12.0 Å². The number of rotatable bonds is 5. The lowest BCUT2D eigenvalue weighted by atomic mass is 10.0. The van der Waals surface area contributed by atoms with Crippen LogP contribution in [0.5, 0.6) is 0 Å². The van der Waals surface area contributed by atoms with Crippen LogP contribution in [0.25, 0.3) is 0 Å². The summed E-state index contributed by atoms with van der Waals surface area (Å²) < 4.78 is 10.9. The Morgan fingerprint density at radius 3 is 2.72 bits per heavy atom. The van der Waals surface area contributed by atoms with Gasteiger partial charge >= 0.3 is 0 Å². The summed E-state index contributed by atoms with van der Waals surface area (Å²) in [5.41, 5.74) is 1.04. The van der Waals surface area contributed by atoms with Gasteiger partial charge in [-0.3, -0.25) is 0 Å². The molecule has 0 radical (unpaired) electrons. The maximum atomic E-state index is 6.16. The molecule has 18 heavy (non-hydrogen) atoms. The largest absolute Gasteiger partial charge is 0.350 e. The van der Waals surface area contributed by atoms with Crippen molar-refractivity contribution in [1.82, 2.24) is 5.32 Å². The van der Waals surface area contributed by atoms with Crippen LogP contribution >= 0.6 is 23.2 Å². The van der Waals surface area contributed by atoms with E-state index in [9.17, 15) is 0 Å². The van der Waals surface area contributed by atoms with E-state index in [0.29, 0.717) is 18.2 Å². The average Bonchev–Trinajstić information content (AvgIpc) is 2.85. The highest BCUT2D eigenvalue weighted by atomic mass is 35.5. The number of benzene rings is 1. The molecule has 1 saturated heterocycles. The molecule has 0 aliphatic carbocycles. The third kappa shape index (κ3) is 3.84. The summed E-state index contributed by atoms with van der Waals surface area (Å²) in [6.07, 6.45) is 1.50. The topological polar surface area (TPSA) is 30.5 Å². The molecule has 2 rings (SSSR count). The zero-order valence-corrected chi connectivity index (χ0v) is 11.8. The van der Waals surface area contributed by atoms with Gasteiger partial charge in [-0.15, -0.1) is 0 Å². The van der Waals surface area contributed by atoms with Crippen molar-refractivity contribution in [3.8, 4) is 0 Å². The Kier molecular flexibility index (Phi) is 5.27. The molecule has 0 amide bonds. The van der Waals surface area contributed by atoms with Crippen molar-refractivity contribution in [3.63, 3.8) is 0 Å². The first kappa shape index (κ1) is 14.1. The summed E-state index contributed by atoms with van der Waals surface area (Å²) in [7, 11) is 1.93. The SMILES string of the molecule is CNC(Cc1cc(Cl)ccc1Cl)CC1OCCO1. The third-order valence-corrected chi connectivity index (χ3v) is 3.65. The highest BCUT2D eigenvalue weighted by Gasteiger charge is 2.21. The first-order valence-electron chi connectivity index (χ1n) is 6.03. The maximum absolute atomic E-state index is 6.16. The zero-order chi connectivity index (χ0) is 13.0. The Labute approximate surface area is 117 Å². The average molecular weight is 290 g/mol. The standard InChI is InChI=1S/C13H17Cl2NO2/c1-16-11(8-13-17-4-5-18-13)7-9-6-10(14)2-3-12(9)15/h2-3,6,11,13,16H,4-5,7-8H2,1H3. The van der Waals surface area contributed by atoms with Crippen molar-refractivity contribution in [2.75, 3.05) is 20.3 Å². The Hall–Kier alpha value is -0.320. The first-order chi connectivity index (χ1) is 8.69. The molecule has 0 aromatic heterocycles. The molecule has 1 N–H and O–H groups in total. The molecule has 0 spiro atoms. The molecule has 3 nitrogen and oxygen atoms in total. The quantitative estimate of drug-likeness (QED) is 0.904. The second-order valence-corrected chi connectivity index (χ2v) is 5.18. The van der Waals surface area contributed by atoms with Gasteiger partial charge in [-0.25, -0.2) is 0 Å². The molecule has 5 heteroatoms. The van der Waals surface area contributed by atoms with Crippen LogP contribution in [0.3, 0.4) is 0 Å². The smallest absolute Gasteiger partial charge is 0.159 e. The van der Waals surface area contributed by atoms with E-state index in [1.165, 1.54) is 0 Å². The normalized spacial score (nSPS) is 18.2. The molecule has 1 heterocycles. The fraction of sp³-hybridized carbons (Fsp3) is 0.538. The molecular weight excluding hydrogens is 273 g/mol. The number of hydrogen-bond acceptors (Lipinski definition) is 3. The van der Waals surface area contributed by atoms with Gasteiger partial charge in [0.1, 0.15) is 0 Å². The van der Waals surface area contributed by atoms with Crippen molar-refractivity contribution >= 4 is 23.2 Å². The zero-order valence-electron chi connectivity index (χ0n) is 10.3. The van der Waals surface area contributed by atoms with E-state index in [1.807, 2.05) is 19.2 Å². The summed E-state index contributed by atoms with van der Waals surface area (Å²) in [4.78, 5) is 0. The number of halogens is 2. The molecule has 1 aromatic rings. The van der Waals surface area contributed by atoms with Crippen molar-refractivity contribution in [3.05, 3.63) is 33.8 Å². The van der Waals surface area contributed by atoms with Crippen molar-refractivity contribution in [1.29, 1.82) is 0 Å². The minimum absolute atomic E-state index is 0.111. The van der Waals surface area contributed by atoms with Crippen LogP contribution < -0.4 is 5.32 Å². The molecule has 1 aromatic carbocycles. The van der Waals surface area contributed by atoms with Crippen molar-refractivity contribution in [2.24, 2.45) is 0 Å². The second-order valence-electron chi connectivity index (χ2n) is 4.33. The minimum atomic E-state index is -0.111. The van der Waals surface area contributed by atoms with Crippen LogP contribution in [-0.2, 0) is 15.9 Å². The van der Waals surface area contributed by atoms with Gasteiger partial charge < -0.3 is 14.8 Å². The summed E-state index contributed by atoms with van der Waals surface area (Å²) >= 11 is 12.2. The molecule has 1 unspecified atom stereocenters. The van der Waals surface area contributed by atoms with Crippen LogP contribution in [-0.4, -0.2) is 32.6 Å². The highest BCUT2D eigenvalue weighted by Crippen LogP contribution is 2.23. The molecular formula is C13H17Cl2NO2. The molecule has 1 fully saturated rings. The number of hydrogen-bond donors (Lipinski definition) is 1. The lowest BCUT2D eigenvalue weighted by Crippen LogP contribution is -2.32. The van der Waals surface area contributed by atoms with Gasteiger partial charge in [-0.05, 0) is 37.2 Å². The lowest BCUT2D eigenvalue weighted by Gasteiger charge is -2.20. The fourth-order valence-electron chi connectivity index (χ4n) is 2.04. The number of likely N-dealkylation sites (N-methyl/N-ethyl adjacent to an activating group) is 1. The lowest BCUT2D eigenvalue weighted by molar-refractivity contribution is -0.0522. The fourth-order valence-corrected chi connectivity index (χ4v) is 2.43. The van der Waals surface area contributed by atoms with E-state index in [4.69, 9.17) is 32.7 Å². The van der Waals surface area contributed by atoms with Crippen LogP contribution in [0.15, 0.2) is 18.2 Å². The summed E-state index contributed by atoms with van der Waals surface area (Å²) in [5, 5.41) is 4.71. The van der Waals surface area contributed by atoms with Gasteiger partial charge in [0.05, 0.1) is 13.2 Å². The van der Waals surface area contributed by atoms with E-state index < -0.39 is 0 Å². The summed E-state index contributed by atoms with van der Waals surface area (Å²) in [6.45, 7) is 1.36. The van der Waals surface area contributed by atoms with Gasteiger partial charge in [0.25, 0.3) is 0 Å². The minimum Gasteiger partial charge on any atom is -0.350 e. The Morgan fingerprint density at radius 2 is 2.06 bits per heavy atom. The van der Waals surface area contributed by atoms with Gasteiger partial charge in [-0.1, -0.05) is 23.2 Å². The van der Waals surface area contributed by atoms with Crippen LogP contribution in [0.4, 0.5) is 0 Å². The van der Waals surface area contributed by atoms with Crippen LogP contribution in [0, 0.1) is 0 Å². The van der Waals surface area contributed by atoms with Gasteiger partial charge in [-0.2, -0.15) is 0 Å². The molecule has 1 aliphatic rings. The molecule has 1 aliphatic heterocycles. The Morgan fingerprint density at radius 1 is 1.33 bits per heavy atom. The highest BCUT2D eigenvalue weighted by molar-refractivity contribution is 6.33. The Balaban J connectivity index is 1.98. The van der Waals surface area contributed by atoms with E-state index in [0.717, 1.165) is 23.4 Å². The second kappa shape index (κ2) is 6.73. The predicted octanol–water partition coefficient (Wildman–Crippen LogP) is 2.89. The molecule has 1 atom stereocenters. The number of ether oxygens (including phenoxy) is 2.